The van der Waals surface area contributed by atoms with Crippen LogP contribution in [0, 0.1) is 6.92 Å². The first-order chi connectivity index (χ1) is 8.70. The summed E-state index contributed by atoms with van der Waals surface area (Å²) in [5.41, 5.74) is 5.78. The first-order valence-corrected chi connectivity index (χ1v) is 6.59. The third-order valence-corrected chi connectivity index (χ3v) is 3.21. The van der Waals surface area contributed by atoms with Crippen LogP contribution in [0.3, 0.4) is 0 Å². The predicted molar refractivity (Wildman–Crippen MR) is 77.8 cm³/mol. The van der Waals surface area contributed by atoms with Gasteiger partial charge in [0.2, 0.25) is 0 Å². The molecule has 0 saturated carbocycles. The molecule has 5 nitrogen and oxygen atoms in total. The summed E-state index contributed by atoms with van der Waals surface area (Å²) in [6.45, 7) is 3.01. The van der Waals surface area contributed by atoms with Gasteiger partial charge in [-0.1, -0.05) is 0 Å². The van der Waals surface area contributed by atoms with Crippen LogP contribution in [0.25, 0.3) is 10.8 Å². The van der Waals surface area contributed by atoms with Crippen molar-refractivity contribution in [2.24, 2.45) is 5.73 Å². The van der Waals surface area contributed by atoms with Crippen molar-refractivity contribution in [1.29, 1.82) is 0 Å². The van der Waals surface area contributed by atoms with E-state index in [9.17, 15) is 4.79 Å². The molecule has 0 spiro atoms. The van der Waals surface area contributed by atoms with Crippen LogP contribution in [-0.4, -0.2) is 24.0 Å². The zero-order valence-electron chi connectivity index (χ0n) is 10.5. The summed E-state index contributed by atoms with van der Waals surface area (Å²) in [6.07, 6.45) is 0.764. The maximum atomic E-state index is 11.7. The number of carbonyl (C=O) groups is 1. The van der Waals surface area contributed by atoms with Gasteiger partial charge in [-0.05, 0) is 32.0 Å². The first-order valence-electron chi connectivity index (χ1n) is 5.71. The molecule has 0 aliphatic heterocycles. The highest BCUT2D eigenvalue weighted by atomic mass is 35.5. The normalized spacial score (nSPS) is 10.0. The van der Waals surface area contributed by atoms with Gasteiger partial charge in [0.25, 0.3) is 5.91 Å². The topological polar surface area (TPSA) is 81.2 Å². The summed E-state index contributed by atoms with van der Waals surface area (Å²) in [7, 11) is 0. The largest absolute Gasteiger partial charge is 0.459 e. The van der Waals surface area contributed by atoms with E-state index in [1.165, 1.54) is 11.3 Å². The summed E-state index contributed by atoms with van der Waals surface area (Å²) >= 11 is 1.39. The van der Waals surface area contributed by atoms with Crippen LogP contribution in [0.2, 0.25) is 0 Å². The SMILES string of the molecule is Cc1ccc(-c2nc(C(=O)NCCCN)cs2)o1.Cl. The number of nitrogens with two attached hydrogens (primary N) is 1. The first kappa shape index (κ1) is 15.7. The van der Waals surface area contributed by atoms with Gasteiger partial charge in [-0.15, -0.1) is 23.7 Å². The van der Waals surface area contributed by atoms with Gasteiger partial charge in [0.05, 0.1) is 0 Å². The van der Waals surface area contributed by atoms with E-state index in [0.29, 0.717) is 29.6 Å². The van der Waals surface area contributed by atoms with Crippen molar-refractivity contribution >= 4 is 29.7 Å². The van der Waals surface area contributed by atoms with Crippen LogP contribution in [-0.2, 0) is 0 Å². The number of hydrogen-bond acceptors (Lipinski definition) is 5. The number of furan rings is 1. The minimum absolute atomic E-state index is 0. The maximum absolute atomic E-state index is 11.7. The second-order valence-electron chi connectivity index (χ2n) is 3.85. The van der Waals surface area contributed by atoms with Gasteiger partial charge in [-0.2, -0.15) is 0 Å². The van der Waals surface area contributed by atoms with Crippen molar-refractivity contribution < 1.29 is 9.21 Å². The number of carbonyl (C=O) groups excluding carboxylic acids is 1. The molecule has 2 aromatic heterocycles. The Morgan fingerprint density at radius 2 is 2.32 bits per heavy atom. The van der Waals surface area contributed by atoms with E-state index in [4.69, 9.17) is 10.2 Å². The van der Waals surface area contributed by atoms with E-state index < -0.39 is 0 Å². The van der Waals surface area contributed by atoms with Crippen LogP contribution in [0.1, 0.15) is 22.7 Å². The van der Waals surface area contributed by atoms with Crippen molar-refractivity contribution in [3.05, 3.63) is 29.0 Å². The lowest BCUT2D eigenvalue weighted by atomic mass is 10.4. The van der Waals surface area contributed by atoms with Gasteiger partial charge in [-0.3, -0.25) is 4.79 Å². The molecule has 0 radical (unpaired) electrons. The second-order valence-corrected chi connectivity index (χ2v) is 4.70. The van der Waals surface area contributed by atoms with E-state index >= 15 is 0 Å². The lowest BCUT2D eigenvalue weighted by molar-refractivity contribution is 0.0949. The minimum Gasteiger partial charge on any atom is -0.459 e. The van der Waals surface area contributed by atoms with Crippen LogP contribution in [0.5, 0.6) is 0 Å². The van der Waals surface area contributed by atoms with Crippen LogP contribution in [0.4, 0.5) is 0 Å². The molecule has 0 saturated heterocycles. The quantitative estimate of drug-likeness (QED) is 0.830. The second kappa shape index (κ2) is 7.28. The molecule has 3 N–H and O–H groups in total. The highest BCUT2D eigenvalue weighted by molar-refractivity contribution is 7.13. The number of aryl methyl sites for hydroxylation is 1. The lowest BCUT2D eigenvalue weighted by Crippen LogP contribution is -2.26. The molecule has 0 bridgehead atoms. The molecule has 2 heterocycles. The summed E-state index contributed by atoms with van der Waals surface area (Å²) in [5.74, 6) is 1.35. The Bertz CT molecular complexity index is 539. The molecule has 7 heteroatoms. The number of hydrogen-bond donors (Lipinski definition) is 2. The van der Waals surface area contributed by atoms with Gasteiger partial charge in [0.15, 0.2) is 10.8 Å². The summed E-state index contributed by atoms with van der Waals surface area (Å²) < 4.78 is 5.46. The van der Waals surface area contributed by atoms with Gasteiger partial charge in [-0.25, -0.2) is 4.98 Å². The summed E-state index contributed by atoms with van der Waals surface area (Å²) in [4.78, 5) is 16.0. The molecular formula is C12H16ClN3O2S. The highest BCUT2D eigenvalue weighted by Gasteiger charge is 2.13. The zero-order chi connectivity index (χ0) is 13.0. The fourth-order valence-electron chi connectivity index (χ4n) is 1.44. The predicted octanol–water partition coefficient (Wildman–Crippen LogP) is 2.21. The number of halogens is 1. The molecule has 0 aliphatic carbocycles. The molecule has 2 rings (SSSR count). The highest BCUT2D eigenvalue weighted by Crippen LogP contribution is 2.25. The van der Waals surface area contributed by atoms with Crippen molar-refractivity contribution in [2.75, 3.05) is 13.1 Å². The van der Waals surface area contributed by atoms with E-state index in [1.54, 1.807) is 5.38 Å². The average molecular weight is 302 g/mol. The number of rotatable bonds is 5. The van der Waals surface area contributed by atoms with Crippen molar-refractivity contribution in [2.45, 2.75) is 13.3 Å². The summed E-state index contributed by atoms with van der Waals surface area (Å²) in [6, 6.07) is 3.72. The fraction of sp³-hybridized carbons (Fsp3) is 0.333. The smallest absolute Gasteiger partial charge is 0.270 e. The molecule has 0 aliphatic rings. The van der Waals surface area contributed by atoms with Crippen molar-refractivity contribution in [3.63, 3.8) is 0 Å². The van der Waals surface area contributed by atoms with Gasteiger partial charge < -0.3 is 15.5 Å². The monoisotopic (exact) mass is 301 g/mol. The van der Waals surface area contributed by atoms with Crippen LogP contribution < -0.4 is 11.1 Å². The van der Waals surface area contributed by atoms with Crippen molar-refractivity contribution in [1.82, 2.24) is 10.3 Å². The Labute approximate surface area is 121 Å². The number of nitrogens with one attached hydrogen (secondary N) is 1. The van der Waals surface area contributed by atoms with E-state index in [-0.39, 0.29) is 18.3 Å². The molecular weight excluding hydrogens is 286 g/mol. The van der Waals surface area contributed by atoms with Gasteiger partial charge in [0, 0.05) is 11.9 Å². The molecule has 0 atom stereocenters. The third kappa shape index (κ3) is 4.05. The fourth-order valence-corrected chi connectivity index (χ4v) is 2.20. The van der Waals surface area contributed by atoms with E-state index in [1.807, 2.05) is 19.1 Å². The van der Waals surface area contributed by atoms with Crippen LogP contribution in [0.15, 0.2) is 21.9 Å². The molecule has 2 aromatic rings. The van der Waals surface area contributed by atoms with Gasteiger partial charge in [0.1, 0.15) is 11.5 Å². The minimum atomic E-state index is -0.172. The molecule has 0 fully saturated rings. The average Bonchev–Trinajstić information content (AvgIpc) is 2.97. The van der Waals surface area contributed by atoms with Crippen molar-refractivity contribution in [3.8, 4) is 10.8 Å². The zero-order valence-corrected chi connectivity index (χ0v) is 12.1. The Morgan fingerprint density at radius 3 is 2.95 bits per heavy atom. The standard InChI is InChI=1S/C12H15N3O2S.ClH/c1-8-3-4-10(17-8)12-15-9(7-18-12)11(16)14-6-2-5-13;/h3-4,7H,2,5-6,13H2,1H3,(H,14,16);1H. The Kier molecular flexibility index (Phi) is 6.01. The molecule has 0 aromatic carbocycles. The Hall–Kier alpha value is -1.37. The Morgan fingerprint density at radius 1 is 1.53 bits per heavy atom. The maximum Gasteiger partial charge on any atom is 0.270 e. The number of aromatic nitrogens is 1. The summed E-state index contributed by atoms with van der Waals surface area (Å²) in [5, 5.41) is 5.21. The lowest BCUT2D eigenvalue weighted by Gasteiger charge is -2.00. The molecule has 1 amide bonds. The number of nitrogens with zero attached hydrogens (tertiary/aromatic N) is 1. The van der Waals surface area contributed by atoms with Crippen LogP contribution >= 0.6 is 23.7 Å². The van der Waals surface area contributed by atoms with Gasteiger partial charge >= 0.3 is 0 Å². The van der Waals surface area contributed by atoms with E-state index in [2.05, 4.69) is 10.3 Å². The molecule has 104 valence electrons. The Balaban J connectivity index is 0.00000180. The number of thiazole rings is 1. The number of amides is 1. The van der Waals surface area contributed by atoms with E-state index in [0.717, 1.165) is 12.2 Å². The third-order valence-electron chi connectivity index (χ3n) is 2.35. The molecule has 0 unspecified atom stereocenters. The molecule has 19 heavy (non-hydrogen) atoms.